The van der Waals surface area contributed by atoms with E-state index >= 15 is 0 Å². The van der Waals surface area contributed by atoms with Crippen molar-refractivity contribution in [3.8, 4) is 0 Å². The quantitative estimate of drug-likeness (QED) is 0.386. The summed E-state index contributed by atoms with van der Waals surface area (Å²) in [5, 5.41) is 29.5. The van der Waals surface area contributed by atoms with Crippen LogP contribution >= 0.6 is 0 Å². The summed E-state index contributed by atoms with van der Waals surface area (Å²) in [6.07, 6.45) is 4.80. The third-order valence-electron chi connectivity index (χ3n) is 1.87. The van der Waals surface area contributed by atoms with Crippen LogP contribution < -0.4 is 11.5 Å². The van der Waals surface area contributed by atoms with E-state index in [4.69, 9.17) is 42.1 Å². The first-order valence-electron chi connectivity index (χ1n) is 4.41. The molecule has 4 N–H and O–H groups in total. The smallest absolute Gasteiger partial charge is 0.356 e. The van der Waals surface area contributed by atoms with E-state index in [0.29, 0.717) is 0 Å². The van der Waals surface area contributed by atoms with Gasteiger partial charge in [0.2, 0.25) is 0 Å². The third-order valence-corrected chi connectivity index (χ3v) is 1.87. The van der Waals surface area contributed by atoms with Crippen LogP contribution in [0.4, 0.5) is 0 Å². The van der Waals surface area contributed by atoms with E-state index in [0.717, 1.165) is 12.8 Å². The Kier molecular flexibility index (Phi) is 16.4. The van der Waals surface area contributed by atoms with Crippen molar-refractivity contribution in [2.24, 2.45) is 11.5 Å². The van der Waals surface area contributed by atoms with E-state index in [2.05, 4.69) is 0 Å². The van der Waals surface area contributed by atoms with Crippen LogP contribution in [0.15, 0.2) is 0 Å². The molecule has 0 aromatic rings. The van der Waals surface area contributed by atoms with Crippen molar-refractivity contribution in [2.75, 3.05) is 0 Å². The molecule has 17 heavy (non-hydrogen) atoms. The van der Waals surface area contributed by atoms with E-state index in [1.807, 2.05) is 0 Å². The Bertz CT molecular complexity index is 189. The van der Waals surface area contributed by atoms with Crippen molar-refractivity contribution in [2.45, 2.75) is 37.8 Å². The minimum atomic E-state index is -1.75. The molecule has 0 aromatic carbocycles. The van der Waals surface area contributed by atoms with Crippen LogP contribution in [0.5, 0.6) is 0 Å². The molecule has 0 aliphatic heterocycles. The number of nitrogens with two attached hydrogens (primary N) is 2. The van der Waals surface area contributed by atoms with Gasteiger partial charge in [0.25, 0.3) is 0 Å². The minimum Gasteiger partial charge on any atom is -0.356 e. The van der Waals surface area contributed by atoms with Crippen LogP contribution in [-0.4, -0.2) is 22.3 Å². The van der Waals surface area contributed by atoms with Gasteiger partial charge >= 0.3 is 21.1 Å². The molecular weight excluding hydrogens is 419 g/mol. The van der Waals surface area contributed by atoms with Crippen LogP contribution in [0.3, 0.4) is 0 Å². The van der Waals surface area contributed by atoms with Gasteiger partial charge in [-0.3, -0.25) is 0 Å². The maximum Gasteiger partial charge on any atom is 2.00 e. The van der Waals surface area contributed by atoms with Gasteiger partial charge in [-0.25, -0.2) is 0 Å². The zero-order valence-corrected chi connectivity index (χ0v) is 11.1. The van der Waals surface area contributed by atoms with Gasteiger partial charge in [-0.1, -0.05) is 12.8 Å². The van der Waals surface area contributed by atoms with Crippen LogP contribution in [0, 0.1) is 30.6 Å². The van der Waals surface area contributed by atoms with Gasteiger partial charge in [0.15, 0.2) is 0 Å². The SMILES string of the molecule is N[C@@H]1CCCC[C@H]1N.O=[N+]([O-])[O-].O=[N+]([O-])[O-].[Pt+2]. The molecule has 0 spiro atoms. The first-order chi connectivity index (χ1) is 7.27. The predicted octanol–water partition coefficient (Wildman–Crippen LogP) is -0.266. The van der Waals surface area contributed by atoms with Gasteiger partial charge in [-0.15, -0.1) is 0 Å². The Labute approximate surface area is 111 Å². The Morgan fingerprint density at radius 3 is 1.12 bits per heavy atom. The first-order valence-corrected chi connectivity index (χ1v) is 4.41. The number of nitrogens with zero attached hydrogens (tertiary/aromatic N) is 2. The summed E-state index contributed by atoms with van der Waals surface area (Å²) in [6.45, 7) is 0. The number of rotatable bonds is 0. The van der Waals surface area contributed by atoms with E-state index in [1.165, 1.54) is 12.8 Å². The standard InChI is InChI=1S/C6H14N2.2NO3.Pt/c7-5-3-1-2-4-6(5)8;2*2-1(3)4;/h5-6H,1-4,7-8H2;;;/q;2*-1;+2/t5-,6-;;;/m1.../s1. The minimum absolute atomic E-state index is 0. The molecule has 0 unspecified atom stereocenters. The molecule has 1 saturated carbocycles. The molecule has 0 heterocycles. The van der Waals surface area contributed by atoms with Crippen molar-refractivity contribution in [1.29, 1.82) is 0 Å². The molecule has 0 saturated heterocycles. The summed E-state index contributed by atoms with van der Waals surface area (Å²) in [5.74, 6) is 0. The number of hydrogen-bond donors (Lipinski definition) is 2. The molecule has 1 rings (SSSR count). The molecule has 1 fully saturated rings. The first kappa shape index (κ1) is 21.3. The molecule has 0 amide bonds. The molecule has 0 aromatic heterocycles. The Morgan fingerprint density at radius 1 is 0.824 bits per heavy atom. The van der Waals surface area contributed by atoms with Gasteiger partial charge in [0.1, 0.15) is 0 Å². The summed E-state index contributed by atoms with van der Waals surface area (Å²) in [5.41, 5.74) is 11.3. The van der Waals surface area contributed by atoms with Gasteiger partial charge in [0.05, 0.1) is 10.2 Å². The van der Waals surface area contributed by atoms with Gasteiger partial charge < -0.3 is 42.1 Å². The van der Waals surface area contributed by atoms with Crippen LogP contribution in [-0.2, 0) is 21.1 Å². The van der Waals surface area contributed by atoms with Crippen molar-refractivity contribution in [3.05, 3.63) is 30.6 Å². The summed E-state index contributed by atoms with van der Waals surface area (Å²) in [6, 6.07) is 0.562. The molecule has 10 nitrogen and oxygen atoms in total. The fourth-order valence-electron chi connectivity index (χ4n) is 1.19. The zero-order valence-electron chi connectivity index (χ0n) is 8.80. The Hall–Kier alpha value is -0.992. The van der Waals surface area contributed by atoms with Crippen molar-refractivity contribution in [1.82, 2.24) is 0 Å². The van der Waals surface area contributed by atoms with Crippen LogP contribution in [0.2, 0.25) is 0 Å². The monoisotopic (exact) mass is 433 g/mol. The van der Waals surface area contributed by atoms with E-state index in [-0.39, 0.29) is 33.1 Å². The van der Waals surface area contributed by atoms with E-state index < -0.39 is 10.2 Å². The fraction of sp³-hybridized carbons (Fsp3) is 1.00. The third kappa shape index (κ3) is 25.4. The van der Waals surface area contributed by atoms with E-state index in [1.54, 1.807) is 0 Å². The second kappa shape index (κ2) is 13.1. The summed E-state index contributed by atoms with van der Waals surface area (Å²) in [7, 11) is 0. The summed E-state index contributed by atoms with van der Waals surface area (Å²) in [4.78, 5) is 16.5. The van der Waals surface area contributed by atoms with Gasteiger partial charge in [-0.05, 0) is 12.8 Å². The molecule has 104 valence electrons. The van der Waals surface area contributed by atoms with Gasteiger partial charge in [-0.2, -0.15) is 0 Å². The second-order valence-electron chi connectivity index (χ2n) is 3.06. The largest absolute Gasteiger partial charge is 2.00 e. The Morgan fingerprint density at radius 2 is 1.00 bits per heavy atom. The predicted molar refractivity (Wildman–Crippen MR) is 55.1 cm³/mol. The van der Waals surface area contributed by atoms with Crippen molar-refractivity contribution in [3.63, 3.8) is 0 Å². The molecule has 11 heteroatoms. The molecule has 1 aliphatic rings. The molecule has 0 bridgehead atoms. The number of hydrogen-bond acceptors (Lipinski definition) is 8. The van der Waals surface area contributed by atoms with Crippen molar-refractivity contribution < 1.29 is 31.2 Å². The second-order valence-corrected chi connectivity index (χ2v) is 3.06. The molecule has 0 radical (unpaired) electrons. The topological polar surface area (TPSA) is 184 Å². The Balaban J connectivity index is -0.000000189. The molecule has 2 atom stereocenters. The molecule has 1 aliphatic carbocycles. The summed E-state index contributed by atoms with van der Waals surface area (Å²) < 4.78 is 0. The van der Waals surface area contributed by atoms with E-state index in [9.17, 15) is 0 Å². The zero-order chi connectivity index (χ0) is 13.1. The van der Waals surface area contributed by atoms with Crippen LogP contribution in [0.25, 0.3) is 0 Å². The van der Waals surface area contributed by atoms with Gasteiger partial charge in [0, 0.05) is 12.1 Å². The normalized spacial score (nSPS) is 21.5. The molecular formula is C6H14N4O6Pt. The maximum atomic E-state index is 8.25. The van der Waals surface area contributed by atoms with Crippen LogP contribution in [0.1, 0.15) is 25.7 Å². The maximum absolute atomic E-state index is 8.25. The fourth-order valence-corrected chi connectivity index (χ4v) is 1.19. The summed E-state index contributed by atoms with van der Waals surface area (Å²) >= 11 is 0. The average Bonchev–Trinajstić information content (AvgIpc) is 2.08. The van der Waals surface area contributed by atoms with Crippen molar-refractivity contribution >= 4 is 0 Å². The average molecular weight is 433 g/mol.